The number of anilines is 2. The minimum absolute atomic E-state index is 0.703. The van der Waals surface area contributed by atoms with Gasteiger partial charge < -0.3 is 15.4 Å². The van der Waals surface area contributed by atoms with Crippen LogP contribution in [-0.2, 0) is 0 Å². The van der Waals surface area contributed by atoms with E-state index in [0.717, 1.165) is 44.2 Å². The Kier molecular flexibility index (Phi) is 4.81. The van der Waals surface area contributed by atoms with Crippen molar-refractivity contribution in [3.63, 3.8) is 0 Å². The van der Waals surface area contributed by atoms with Gasteiger partial charge in [-0.25, -0.2) is 0 Å². The monoisotopic (exact) mass is 297 g/mol. The number of piperazine rings is 1. The third kappa shape index (κ3) is 3.92. The number of para-hydroxylation sites is 1. The molecule has 22 heavy (non-hydrogen) atoms. The molecular weight excluding hydrogens is 274 g/mol. The first-order valence-corrected chi connectivity index (χ1v) is 7.82. The Morgan fingerprint density at radius 3 is 2.41 bits per heavy atom. The maximum absolute atomic E-state index is 5.77. The van der Waals surface area contributed by atoms with Crippen molar-refractivity contribution in [1.82, 2.24) is 4.90 Å². The fourth-order valence-corrected chi connectivity index (χ4v) is 2.77. The SMILES string of the molecule is Nc1cccc(OCCN2CCN(c3ccccc3)CC2)c1. The highest BCUT2D eigenvalue weighted by atomic mass is 16.5. The van der Waals surface area contributed by atoms with E-state index >= 15 is 0 Å². The van der Waals surface area contributed by atoms with E-state index < -0.39 is 0 Å². The number of benzene rings is 2. The maximum Gasteiger partial charge on any atom is 0.121 e. The van der Waals surface area contributed by atoms with Crippen LogP contribution in [0.5, 0.6) is 5.75 Å². The zero-order chi connectivity index (χ0) is 15.2. The molecule has 3 rings (SSSR count). The largest absolute Gasteiger partial charge is 0.492 e. The quantitative estimate of drug-likeness (QED) is 0.861. The predicted molar refractivity (Wildman–Crippen MR) is 91.4 cm³/mol. The number of rotatable bonds is 5. The summed E-state index contributed by atoms with van der Waals surface area (Å²) in [5, 5.41) is 0. The third-order valence-electron chi connectivity index (χ3n) is 4.03. The number of hydrogen-bond acceptors (Lipinski definition) is 4. The molecule has 0 aliphatic carbocycles. The maximum atomic E-state index is 5.77. The highest BCUT2D eigenvalue weighted by molar-refractivity contribution is 5.46. The lowest BCUT2D eigenvalue weighted by Crippen LogP contribution is -2.47. The lowest BCUT2D eigenvalue weighted by atomic mass is 10.2. The van der Waals surface area contributed by atoms with Crippen LogP contribution in [0.2, 0.25) is 0 Å². The van der Waals surface area contributed by atoms with E-state index in [1.807, 2.05) is 24.3 Å². The molecule has 2 aromatic carbocycles. The molecule has 0 bridgehead atoms. The van der Waals surface area contributed by atoms with Crippen LogP contribution in [0.3, 0.4) is 0 Å². The predicted octanol–water partition coefficient (Wildman–Crippen LogP) is 2.47. The molecule has 0 amide bonds. The molecule has 0 atom stereocenters. The van der Waals surface area contributed by atoms with Gasteiger partial charge in [-0.3, -0.25) is 4.90 Å². The Morgan fingerprint density at radius 2 is 1.68 bits per heavy atom. The first kappa shape index (κ1) is 14.7. The van der Waals surface area contributed by atoms with Crippen LogP contribution in [0.25, 0.3) is 0 Å². The van der Waals surface area contributed by atoms with Gasteiger partial charge in [-0.2, -0.15) is 0 Å². The van der Waals surface area contributed by atoms with E-state index in [1.165, 1.54) is 5.69 Å². The summed E-state index contributed by atoms with van der Waals surface area (Å²) >= 11 is 0. The summed E-state index contributed by atoms with van der Waals surface area (Å²) < 4.78 is 5.77. The normalized spacial score (nSPS) is 15.7. The first-order valence-electron chi connectivity index (χ1n) is 7.82. The molecule has 4 nitrogen and oxygen atoms in total. The minimum Gasteiger partial charge on any atom is -0.492 e. The molecule has 0 unspecified atom stereocenters. The van der Waals surface area contributed by atoms with Crippen molar-refractivity contribution in [2.75, 3.05) is 50.0 Å². The van der Waals surface area contributed by atoms with Gasteiger partial charge >= 0.3 is 0 Å². The summed E-state index contributed by atoms with van der Waals surface area (Å²) in [4.78, 5) is 4.89. The van der Waals surface area contributed by atoms with Crippen molar-refractivity contribution in [1.29, 1.82) is 0 Å². The molecule has 1 heterocycles. The molecule has 0 radical (unpaired) electrons. The van der Waals surface area contributed by atoms with Crippen LogP contribution in [0.15, 0.2) is 54.6 Å². The Labute approximate surface area is 132 Å². The van der Waals surface area contributed by atoms with Crippen molar-refractivity contribution in [3.05, 3.63) is 54.6 Å². The van der Waals surface area contributed by atoms with E-state index in [0.29, 0.717) is 6.61 Å². The Morgan fingerprint density at radius 1 is 0.909 bits per heavy atom. The molecular formula is C18H23N3O. The van der Waals surface area contributed by atoms with Crippen LogP contribution in [0.1, 0.15) is 0 Å². The second-order valence-electron chi connectivity index (χ2n) is 5.59. The van der Waals surface area contributed by atoms with Crippen LogP contribution in [-0.4, -0.2) is 44.2 Å². The topological polar surface area (TPSA) is 41.7 Å². The number of nitrogen functional groups attached to an aromatic ring is 1. The summed E-state index contributed by atoms with van der Waals surface area (Å²) in [6, 6.07) is 18.2. The molecule has 0 aromatic heterocycles. The van der Waals surface area contributed by atoms with E-state index in [1.54, 1.807) is 0 Å². The molecule has 2 aromatic rings. The first-order chi connectivity index (χ1) is 10.8. The molecule has 1 saturated heterocycles. The highest BCUT2D eigenvalue weighted by Crippen LogP contribution is 2.16. The lowest BCUT2D eigenvalue weighted by Gasteiger charge is -2.36. The van der Waals surface area contributed by atoms with Gasteiger partial charge in [0, 0.05) is 50.2 Å². The molecule has 2 N–H and O–H groups in total. The molecule has 4 heteroatoms. The Balaban J connectivity index is 1.41. The van der Waals surface area contributed by atoms with Gasteiger partial charge in [0.25, 0.3) is 0 Å². The van der Waals surface area contributed by atoms with E-state index in [-0.39, 0.29) is 0 Å². The Hall–Kier alpha value is -2.20. The third-order valence-corrected chi connectivity index (χ3v) is 4.03. The van der Waals surface area contributed by atoms with E-state index in [2.05, 4.69) is 40.1 Å². The van der Waals surface area contributed by atoms with Gasteiger partial charge in [0.1, 0.15) is 12.4 Å². The summed E-state index contributed by atoms with van der Waals surface area (Å²) in [5.74, 6) is 0.850. The van der Waals surface area contributed by atoms with Crippen LogP contribution in [0, 0.1) is 0 Å². The molecule has 1 aliphatic rings. The second kappa shape index (κ2) is 7.18. The van der Waals surface area contributed by atoms with Crippen molar-refractivity contribution >= 4 is 11.4 Å². The van der Waals surface area contributed by atoms with Crippen LogP contribution < -0.4 is 15.4 Å². The summed E-state index contributed by atoms with van der Waals surface area (Å²) in [6.45, 7) is 5.96. The van der Waals surface area contributed by atoms with Crippen molar-refractivity contribution in [3.8, 4) is 5.75 Å². The number of hydrogen-bond donors (Lipinski definition) is 1. The van der Waals surface area contributed by atoms with Gasteiger partial charge in [-0.15, -0.1) is 0 Å². The van der Waals surface area contributed by atoms with E-state index in [9.17, 15) is 0 Å². The van der Waals surface area contributed by atoms with Gasteiger partial charge in [-0.05, 0) is 24.3 Å². The smallest absolute Gasteiger partial charge is 0.121 e. The molecule has 0 saturated carbocycles. The second-order valence-corrected chi connectivity index (χ2v) is 5.59. The fourth-order valence-electron chi connectivity index (χ4n) is 2.77. The number of nitrogens with zero attached hydrogens (tertiary/aromatic N) is 2. The van der Waals surface area contributed by atoms with E-state index in [4.69, 9.17) is 10.5 Å². The molecule has 1 fully saturated rings. The zero-order valence-corrected chi connectivity index (χ0v) is 12.8. The minimum atomic E-state index is 0.703. The van der Waals surface area contributed by atoms with Gasteiger partial charge in [0.2, 0.25) is 0 Å². The summed E-state index contributed by atoms with van der Waals surface area (Å²) in [5.41, 5.74) is 7.81. The van der Waals surface area contributed by atoms with Crippen LogP contribution >= 0.6 is 0 Å². The van der Waals surface area contributed by atoms with Gasteiger partial charge in [0.15, 0.2) is 0 Å². The fraction of sp³-hybridized carbons (Fsp3) is 0.333. The zero-order valence-electron chi connectivity index (χ0n) is 12.8. The highest BCUT2D eigenvalue weighted by Gasteiger charge is 2.16. The Bertz CT molecular complexity index is 580. The number of ether oxygens (including phenoxy) is 1. The van der Waals surface area contributed by atoms with Gasteiger partial charge in [-0.1, -0.05) is 24.3 Å². The summed E-state index contributed by atoms with van der Waals surface area (Å²) in [7, 11) is 0. The summed E-state index contributed by atoms with van der Waals surface area (Å²) in [6.07, 6.45) is 0. The van der Waals surface area contributed by atoms with Gasteiger partial charge in [0.05, 0.1) is 0 Å². The number of nitrogens with two attached hydrogens (primary N) is 1. The van der Waals surface area contributed by atoms with Crippen molar-refractivity contribution in [2.45, 2.75) is 0 Å². The average molecular weight is 297 g/mol. The lowest BCUT2D eigenvalue weighted by molar-refractivity contribution is 0.200. The molecule has 0 spiro atoms. The van der Waals surface area contributed by atoms with Crippen molar-refractivity contribution < 1.29 is 4.74 Å². The van der Waals surface area contributed by atoms with Crippen LogP contribution in [0.4, 0.5) is 11.4 Å². The standard InChI is InChI=1S/C18H23N3O/c19-16-5-4-8-18(15-16)22-14-13-20-9-11-21(12-10-20)17-6-2-1-3-7-17/h1-8,15H,9-14,19H2. The molecule has 116 valence electrons. The van der Waals surface area contributed by atoms with Crippen molar-refractivity contribution in [2.24, 2.45) is 0 Å². The molecule has 1 aliphatic heterocycles. The average Bonchev–Trinajstić information content (AvgIpc) is 2.56.